The van der Waals surface area contributed by atoms with Crippen LogP contribution < -0.4 is 21.5 Å². The molecule has 0 aromatic carbocycles. The summed E-state index contributed by atoms with van der Waals surface area (Å²) >= 11 is 0. The molecule has 1 aromatic heterocycles. The summed E-state index contributed by atoms with van der Waals surface area (Å²) in [5.74, 6) is 0.343. The summed E-state index contributed by atoms with van der Waals surface area (Å²) in [5.41, 5.74) is -1.09. The van der Waals surface area contributed by atoms with E-state index in [-0.39, 0.29) is 17.6 Å². The molecule has 0 spiro atoms. The highest BCUT2D eigenvalue weighted by Gasteiger charge is 2.33. The van der Waals surface area contributed by atoms with E-state index in [4.69, 9.17) is 0 Å². The standard InChI is InChI=1S/C15H20N6O3/c1-18-12(11(8-16)13(22)19(2)15(18)24)20-6-3-4-10(9-20)21-7-5-17-14(21)23/h10H,3-7,9H2,1-2H3,(H,17,23)/t10-/m1/s1. The number of amides is 2. The van der Waals surface area contributed by atoms with Crippen LogP contribution in [0.25, 0.3) is 0 Å². The molecule has 0 bridgehead atoms. The molecule has 1 N–H and O–H groups in total. The summed E-state index contributed by atoms with van der Waals surface area (Å²) in [7, 11) is 2.92. The second kappa shape index (κ2) is 6.03. The van der Waals surface area contributed by atoms with Gasteiger partial charge in [0.05, 0.1) is 6.04 Å². The van der Waals surface area contributed by atoms with Crippen molar-refractivity contribution in [1.82, 2.24) is 19.4 Å². The van der Waals surface area contributed by atoms with Crippen LogP contribution in [0.3, 0.4) is 0 Å². The first kappa shape index (κ1) is 16.1. The SMILES string of the molecule is Cn1c(N2CCC[C@@H](N3CCNC3=O)C2)c(C#N)c(=O)n(C)c1=O. The fraction of sp³-hybridized carbons (Fsp3) is 0.600. The Balaban J connectivity index is 2.00. The molecule has 128 valence electrons. The monoisotopic (exact) mass is 332 g/mol. The quantitative estimate of drug-likeness (QED) is 0.744. The van der Waals surface area contributed by atoms with Gasteiger partial charge in [-0.3, -0.25) is 13.9 Å². The van der Waals surface area contributed by atoms with Gasteiger partial charge in [-0.15, -0.1) is 0 Å². The zero-order valence-corrected chi connectivity index (χ0v) is 13.8. The summed E-state index contributed by atoms with van der Waals surface area (Å²) in [4.78, 5) is 40.0. The van der Waals surface area contributed by atoms with Crippen molar-refractivity contribution in [2.75, 3.05) is 31.1 Å². The number of rotatable bonds is 2. The summed E-state index contributed by atoms with van der Waals surface area (Å²) in [6.07, 6.45) is 1.69. The predicted molar refractivity (Wildman–Crippen MR) is 87.0 cm³/mol. The Kier molecular flexibility index (Phi) is 4.05. The lowest BCUT2D eigenvalue weighted by atomic mass is 10.0. The maximum atomic E-state index is 12.3. The van der Waals surface area contributed by atoms with E-state index in [2.05, 4.69) is 5.32 Å². The normalized spacial score (nSPS) is 20.9. The number of aromatic nitrogens is 2. The average Bonchev–Trinajstić information content (AvgIpc) is 3.02. The van der Waals surface area contributed by atoms with Gasteiger partial charge in [-0.05, 0) is 12.8 Å². The van der Waals surface area contributed by atoms with Crippen molar-refractivity contribution in [3.8, 4) is 6.07 Å². The van der Waals surface area contributed by atoms with Crippen LogP contribution in [0, 0.1) is 11.3 Å². The average molecular weight is 332 g/mol. The number of piperidine rings is 1. The smallest absolute Gasteiger partial charge is 0.332 e. The van der Waals surface area contributed by atoms with Gasteiger partial charge in [-0.2, -0.15) is 5.26 Å². The van der Waals surface area contributed by atoms with Crippen LogP contribution in [0.1, 0.15) is 18.4 Å². The third kappa shape index (κ3) is 2.44. The Bertz CT molecular complexity index is 833. The molecule has 0 radical (unpaired) electrons. The Hall–Kier alpha value is -2.76. The molecule has 1 atom stereocenters. The van der Waals surface area contributed by atoms with Crippen LogP contribution >= 0.6 is 0 Å². The summed E-state index contributed by atoms with van der Waals surface area (Å²) in [6, 6.07) is 1.86. The van der Waals surface area contributed by atoms with Crippen LogP contribution in [0.2, 0.25) is 0 Å². The zero-order valence-electron chi connectivity index (χ0n) is 13.8. The number of hydrogen-bond acceptors (Lipinski definition) is 5. The van der Waals surface area contributed by atoms with Crippen molar-refractivity contribution >= 4 is 11.8 Å². The lowest BCUT2D eigenvalue weighted by molar-refractivity contribution is 0.189. The molecule has 9 nitrogen and oxygen atoms in total. The number of hydrogen-bond donors (Lipinski definition) is 1. The summed E-state index contributed by atoms with van der Waals surface area (Å²) in [6.45, 7) is 2.42. The first-order chi connectivity index (χ1) is 11.5. The third-order valence-electron chi connectivity index (χ3n) is 4.77. The van der Waals surface area contributed by atoms with E-state index >= 15 is 0 Å². The van der Waals surface area contributed by atoms with Gasteiger partial charge >= 0.3 is 11.7 Å². The number of nitrogens with one attached hydrogen (secondary N) is 1. The van der Waals surface area contributed by atoms with Gasteiger partial charge in [0, 0.05) is 40.3 Å². The molecule has 2 saturated heterocycles. The minimum atomic E-state index is -0.586. The Morgan fingerprint density at radius 3 is 2.54 bits per heavy atom. The topological polar surface area (TPSA) is 103 Å². The Labute approximate surface area is 138 Å². The van der Waals surface area contributed by atoms with E-state index in [0.717, 1.165) is 17.4 Å². The molecule has 2 aliphatic heterocycles. The molecule has 0 unspecified atom stereocenters. The minimum Gasteiger partial charge on any atom is -0.355 e. The number of urea groups is 1. The van der Waals surface area contributed by atoms with Gasteiger partial charge in [0.2, 0.25) is 0 Å². The molecule has 3 rings (SSSR count). The van der Waals surface area contributed by atoms with Crippen molar-refractivity contribution in [2.24, 2.45) is 14.1 Å². The second-order valence-electron chi connectivity index (χ2n) is 6.18. The van der Waals surface area contributed by atoms with Gasteiger partial charge < -0.3 is 15.1 Å². The highest BCUT2D eigenvalue weighted by Crippen LogP contribution is 2.23. The molecular formula is C15H20N6O3. The zero-order chi connectivity index (χ0) is 17.4. The first-order valence-corrected chi connectivity index (χ1v) is 7.95. The fourth-order valence-electron chi connectivity index (χ4n) is 3.54. The van der Waals surface area contributed by atoms with E-state index in [1.54, 1.807) is 11.9 Å². The maximum absolute atomic E-state index is 12.3. The highest BCUT2D eigenvalue weighted by molar-refractivity contribution is 5.76. The number of nitriles is 1. The van der Waals surface area contributed by atoms with Gasteiger partial charge in [0.15, 0.2) is 5.56 Å². The maximum Gasteiger partial charge on any atom is 0.332 e. The van der Waals surface area contributed by atoms with E-state index in [1.807, 2.05) is 11.0 Å². The van der Waals surface area contributed by atoms with Crippen molar-refractivity contribution in [2.45, 2.75) is 18.9 Å². The lowest BCUT2D eigenvalue weighted by Crippen LogP contribution is -2.51. The molecule has 2 amide bonds. The predicted octanol–water partition coefficient (Wildman–Crippen LogP) is -1.05. The van der Waals surface area contributed by atoms with E-state index in [0.29, 0.717) is 32.0 Å². The minimum absolute atomic E-state index is 0.00644. The number of carbonyl (C=O) groups excluding carboxylic acids is 1. The van der Waals surface area contributed by atoms with Crippen molar-refractivity contribution in [1.29, 1.82) is 5.26 Å². The van der Waals surface area contributed by atoms with Gasteiger partial charge in [0.1, 0.15) is 11.9 Å². The lowest BCUT2D eigenvalue weighted by Gasteiger charge is -2.38. The molecule has 2 fully saturated rings. The van der Waals surface area contributed by atoms with Crippen molar-refractivity contribution < 1.29 is 4.79 Å². The van der Waals surface area contributed by atoms with Gasteiger partial charge in [-0.1, -0.05) is 0 Å². The molecule has 3 heterocycles. The molecule has 24 heavy (non-hydrogen) atoms. The van der Waals surface area contributed by atoms with Gasteiger partial charge in [-0.25, -0.2) is 9.59 Å². The van der Waals surface area contributed by atoms with Gasteiger partial charge in [0.25, 0.3) is 5.56 Å². The fourth-order valence-corrected chi connectivity index (χ4v) is 3.54. The van der Waals surface area contributed by atoms with Crippen molar-refractivity contribution in [3.63, 3.8) is 0 Å². The molecule has 2 aliphatic rings. The van der Waals surface area contributed by atoms with E-state index in [9.17, 15) is 19.6 Å². The third-order valence-corrected chi connectivity index (χ3v) is 4.77. The number of anilines is 1. The number of nitrogens with zero attached hydrogens (tertiary/aromatic N) is 5. The van der Waals surface area contributed by atoms with Crippen LogP contribution in [0.5, 0.6) is 0 Å². The number of carbonyl (C=O) groups is 1. The Morgan fingerprint density at radius 1 is 1.17 bits per heavy atom. The molecular weight excluding hydrogens is 312 g/mol. The van der Waals surface area contributed by atoms with Crippen LogP contribution in [0.4, 0.5) is 10.6 Å². The highest BCUT2D eigenvalue weighted by atomic mass is 16.2. The van der Waals surface area contributed by atoms with Crippen LogP contribution in [-0.2, 0) is 14.1 Å². The molecule has 0 aliphatic carbocycles. The molecule has 1 aromatic rings. The van der Waals surface area contributed by atoms with Crippen molar-refractivity contribution in [3.05, 3.63) is 26.4 Å². The molecule has 0 saturated carbocycles. The summed E-state index contributed by atoms with van der Waals surface area (Å²) < 4.78 is 2.28. The second-order valence-corrected chi connectivity index (χ2v) is 6.18. The van der Waals surface area contributed by atoms with E-state index in [1.165, 1.54) is 11.6 Å². The van der Waals surface area contributed by atoms with Crippen LogP contribution in [0.15, 0.2) is 9.59 Å². The first-order valence-electron chi connectivity index (χ1n) is 7.95. The van der Waals surface area contributed by atoms with Crippen LogP contribution in [-0.4, -0.2) is 52.3 Å². The van der Waals surface area contributed by atoms with E-state index < -0.39 is 11.2 Å². The largest absolute Gasteiger partial charge is 0.355 e. The molecule has 9 heteroatoms. The Morgan fingerprint density at radius 2 is 1.92 bits per heavy atom. The summed E-state index contributed by atoms with van der Waals surface area (Å²) in [5, 5.41) is 12.2.